The van der Waals surface area contributed by atoms with Gasteiger partial charge in [-0.05, 0) is 24.3 Å². The summed E-state index contributed by atoms with van der Waals surface area (Å²) in [5.74, 6) is -0.132. The molecular formula is C24H16N5O2Pt-. The number of hydrogen-bond donors (Lipinski definition) is 1. The van der Waals surface area contributed by atoms with Crippen molar-refractivity contribution in [1.29, 1.82) is 0 Å². The van der Waals surface area contributed by atoms with E-state index in [1.807, 2.05) is 24.3 Å². The zero-order valence-corrected chi connectivity index (χ0v) is 18.8. The SMILES string of the molecule is O=C(O)c1cnccn1.[Pt].[c-]1ccccc1-n1c2ccccc2n2c3ccccc3nc12. The van der Waals surface area contributed by atoms with E-state index in [-0.39, 0.29) is 26.8 Å². The first-order chi connectivity index (χ1) is 15.2. The summed E-state index contributed by atoms with van der Waals surface area (Å²) in [6.45, 7) is 0. The number of imidazole rings is 2. The molecular weight excluding hydrogens is 585 g/mol. The van der Waals surface area contributed by atoms with Crippen molar-refractivity contribution in [2.24, 2.45) is 0 Å². The predicted molar refractivity (Wildman–Crippen MR) is 117 cm³/mol. The predicted octanol–water partition coefficient (Wildman–Crippen LogP) is 4.40. The van der Waals surface area contributed by atoms with E-state index in [0.29, 0.717) is 0 Å². The number of carboxylic acids is 1. The zero-order valence-electron chi connectivity index (χ0n) is 16.6. The molecule has 0 radical (unpaired) electrons. The Balaban J connectivity index is 0.000000209. The second-order valence-corrected chi connectivity index (χ2v) is 6.70. The van der Waals surface area contributed by atoms with Gasteiger partial charge in [0.2, 0.25) is 5.78 Å². The number of para-hydroxylation sites is 5. The summed E-state index contributed by atoms with van der Waals surface area (Å²) < 4.78 is 4.38. The molecule has 0 bridgehead atoms. The van der Waals surface area contributed by atoms with Crippen LogP contribution in [0.3, 0.4) is 0 Å². The van der Waals surface area contributed by atoms with Crippen LogP contribution in [0.5, 0.6) is 0 Å². The van der Waals surface area contributed by atoms with Crippen LogP contribution in [0, 0.1) is 6.07 Å². The van der Waals surface area contributed by atoms with Crippen LogP contribution in [0.15, 0.2) is 91.4 Å². The minimum Gasteiger partial charge on any atom is -0.476 e. The summed E-state index contributed by atoms with van der Waals surface area (Å²) in [5.41, 5.74) is 5.40. The van der Waals surface area contributed by atoms with Gasteiger partial charge in [0, 0.05) is 33.5 Å². The second kappa shape index (κ2) is 9.12. The Morgan fingerprint density at radius 3 is 2.25 bits per heavy atom. The van der Waals surface area contributed by atoms with Crippen molar-refractivity contribution >= 4 is 33.8 Å². The van der Waals surface area contributed by atoms with Crippen LogP contribution < -0.4 is 0 Å². The average molecular weight is 602 g/mol. The Morgan fingerprint density at radius 1 is 0.875 bits per heavy atom. The van der Waals surface area contributed by atoms with Crippen molar-refractivity contribution < 1.29 is 31.0 Å². The Morgan fingerprint density at radius 2 is 1.59 bits per heavy atom. The number of carbonyl (C=O) groups is 1. The van der Waals surface area contributed by atoms with Gasteiger partial charge in [0.15, 0.2) is 5.69 Å². The van der Waals surface area contributed by atoms with Crippen LogP contribution in [0.1, 0.15) is 10.5 Å². The molecule has 3 aromatic heterocycles. The van der Waals surface area contributed by atoms with E-state index in [9.17, 15) is 4.79 Å². The maximum absolute atomic E-state index is 10.1. The van der Waals surface area contributed by atoms with Crippen molar-refractivity contribution in [2.75, 3.05) is 0 Å². The molecule has 0 saturated carbocycles. The van der Waals surface area contributed by atoms with E-state index in [2.05, 4.69) is 73.5 Å². The van der Waals surface area contributed by atoms with Crippen LogP contribution in [0.25, 0.3) is 33.5 Å². The van der Waals surface area contributed by atoms with E-state index in [4.69, 9.17) is 10.1 Å². The van der Waals surface area contributed by atoms with Crippen molar-refractivity contribution in [3.63, 3.8) is 0 Å². The Bertz CT molecular complexity index is 1510. The number of aromatic nitrogens is 5. The van der Waals surface area contributed by atoms with E-state index >= 15 is 0 Å². The molecule has 0 spiro atoms. The molecule has 32 heavy (non-hydrogen) atoms. The summed E-state index contributed by atoms with van der Waals surface area (Å²) in [4.78, 5) is 22.0. The molecule has 3 aromatic carbocycles. The largest absolute Gasteiger partial charge is 0.476 e. The first kappa shape index (κ1) is 21.4. The van der Waals surface area contributed by atoms with Crippen LogP contribution >= 0.6 is 0 Å². The molecule has 0 amide bonds. The molecule has 0 fully saturated rings. The number of aromatic carboxylic acids is 1. The van der Waals surface area contributed by atoms with Gasteiger partial charge >= 0.3 is 5.97 Å². The minimum atomic E-state index is -1.05. The fourth-order valence-electron chi connectivity index (χ4n) is 3.52. The topological polar surface area (TPSA) is 85.3 Å². The number of fused-ring (bicyclic) bond motifs is 5. The van der Waals surface area contributed by atoms with Gasteiger partial charge in [-0.3, -0.25) is 9.38 Å². The quantitative estimate of drug-likeness (QED) is 0.298. The molecule has 0 unspecified atom stereocenters. The van der Waals surface area contributed by atoms with E-state index in [1.165, 1.54) is 18.6 Å². The van der Waals surface area contributed by atoms with Gasteiger partial charge < -0.3 is 9.67 Å². The molecule has 3 heterocycles. The molecule has 0 atom stereocenters. The first-order valence-corrected chi connectivity index (χ1v) is 9.57. The van der Waals surface area contributed by atoms with Crippen LogP contribution in [-0.2, 0) is 21.1 Å². The van der Waals surface area contributed by atoms with Gasteiger partial charge in [0.25, 0.3) is 0 Å². The molecule has 160 valence electrons. The summed E-state index contributed by atoms with van der Waals surface area (Å²) in [6, 6.07) is 27.9. The van der Waals surface area contributed by atoms with Gasteiger partial charge in [0.05, 0.1) is 28.3 Å². The van der Waals surface area contributed by atoms with Crippen molar-refractivity contribution in [3.05, 3.63) is 103 Å². The summed E-state index contributed by atoms with van der Waals surface area (Å²) in [7, 11) is 0. The Kier molecular flexibility index (Phi) is 6.10. The Labute approximate surface area is 197 Å². The maximum atomic E-state index is 10.1. The number of carboxylic acid groups (broad SMARTS) is 1. The van der Waals surface area contributed by atoms with Gasteiger partial charge in [-0.25, -0.2) is 14.8 Å². The molecule has 0 aliphatic heterocycles. The number of nitrogens with zero attached hydrogens (tertiary/aromatic N) is 5. The Hall–Kier alpha value is -3.83. The van der Waals surface area contributed by atoms with E-state index < -0.39 is 5.97 Å². The number of hydrogen-bond acceptors (Lipinski definition) is 4. The van der Waals surface area contributed by atoms with E-state index in [0.717, 1.165) is 33.5 Å². The molecule has 1 N–H and O–H groups in total. The summed E-state index contributed by atoms with van der Waals surface area (Å²) in [6.07, 6.45) is 3.96. The van der Waals surface area contributed by atoms with Crippen molar-refractivity contribution in [2.45, 2.75) is 0 Å². The minimum absolute atomic E-state index is 0. The monoisotopic (exact) mass is 601 g/mol. The first-order valence-electron chi connectivity index (χ1n) is 9.57. The third-order valence-electron chi connectivity index (χ3n) is 4.82. The average Bonchev–Trinajstić information content (AvgIpc) is 3.35. The van der Waals surface area contributed by atoms with Crippen LogP contribution in [0.4, 0.5) is 0 Å². The molecule has 6 rings (SSSR count). The van der Waals surface area contributed by atoms with Gasteiger partial charge in [-0.15, -0.1) is 6.07 Å². The summed E-state index contributed by atoms with van der Waals surface area (Å²) in [5, 5.41) is 8.28. The molecule has 0 aliphatic carbocycles. The molecule has 8 heteroatoms. The normalized spacial score (nSPS) is 10.5. The molecule has 0 aliphatic rings. The zero-order chi connectivity index (χ0) is 21.2. The smallest absolute Gasteiger partial charge is 0.356 e. The van der Waals surface area contributed by atoms with Gasteiger partial charge in [-0.2, -0.15) is 24.3 Å². The molecule has 6 aromatic rings. The van der Waals surface area contributed by atoms with Crippen molar-refractivity contribution in [1.82, 2.24) is 23.9 Å². The van der Waals surface area contributed by atoms with Crippen molar-refractivity contribution in [3.8, 4) is 5.69 Å². The third kappa shape index (κ3) is 3.79. The van der Waals surface area contributed by atoms with Gasteiger partial charge in [-0.1, -0.05) is 30.0 Å². The fraction of sp³-hybridized carbons (Fsp3) is 0. The number of rotatable bonds is 2. The van der Waals surface area contributed by atoms with Crippen LogP contribution in [0.2, 0.25) is 0 Å². The standard InChI is InChI=1S/C19H12N3.C5H4N2O2.Pt/c1-2-8-14(9-3-1)21-17-12-6-7-13-18(17)22-16-11-5-4-10-15(16)20-19(21)22;8-5(9)4-3-6-1-2-7-4;/h1-8,10-13H;1-3H,(H,8,9);/q-1;;. The third-order valence-corrected chi connectivity index (χ3v) is 4.82. The van der Waals surface area contributed by atoms with E-state index in [1.54, 1.807) is 0 Å². The maximum Gasteiger partial charge on any atom is 0.356 e. The fourth-order valence-corrected chi connectivity index (χ4v) is 3.52. The van der Waals surface area contributed by atoms with Crippen LogP contribution in [-0.4, -0.2) is 35.0 Å². The second-order valence-electron chi connectivity index (χ2n) is 6.70. The molecule has 0 saturated heterocycles. The summed E-state index contributed by atoms with van der Waals surface area (Å²) >= 11 is 0. The number of benzene rings is 3. The van der Waals surface area contributed by atoms with Gasteiger partial charge in [0.1, 0.15) is 0 Å². The molecule has 7 nitrogen and oxygen atoms in total.